The predicted octanol–water partition coefficient (Wildman–Crippen LogP) is 5.30. The molecule has 0 aliphatic carbocycles. The SMILES string of the molecule is CCOC(=O)c1[nH]c2cc(Cl)cc(Cl)c2c1C=CC(=O)Nc1ccccc1. The molecular weight excluding hydrogens is 387 g/mol. The molecule has 0 bridgehead atoms. The number of hydrogen-bond acceptors (Lipinski definition) is 3. The number of fused-ring (bicyclic) bond motifs is 1. The second-order valence-electron chi connectivity index (χ2n) is 5.63. The molecule has 0 spiro atoms. The number of amides is 1. The van der Waals surface area contributed by atoms with Gasteiger partial charge in [0.05, 0.1) is 11.6 Å². The lowest BCUT2D eigenvalue weighted by molar-refractivity contribution is -0.111. The van der Waals surface area contributed by atoms with Crippen molar-refractivity contribution in [3.05, 3.63) is 69.8 Å². The van der Waals surface area contributed by atoms with Gasteiger partial charge in [0.2, 0.25) is 5.91 Å². The van der Waals surface area contributed by atoms with Crippen LogP contribution < -0.4 is 5.32 Å². The molecule has 0 aliphatic rings. The number of nitrogens with one attached hydrogen (secondary N) is 2. The van der Waals surface area contributed by atoms with Crippen LogP contribution in [0.4, 0.5) is 5.69 Å². The van der Waals surface area contributed by atoms with Crippen LogP contribution in [0.3, 0.4) is 0 Å². The average molecular weight is 403 g/mol. The van der Waals surface area contributed by atoms with Crippen molar-refractivity contribution in [3.8, 4) is 0 Å². The van der Waals surface area contributed by atoms with Crippen molar-refractivity contribution in [2.24, 2.45) is 0 Å². The summed E-state index contributed by atoms with van der Waals surface area (Å²) in [7, 11) is 0. The Hall–Kier alpha value is -2.76. The van der Waals surface area contributed by atoms with Crippen LogP contribution in [0.2, 0.25) is 10.0 Å². The number of aromatic amines is 1. The standard InChI is InChI=1S/C20H16Cl2N2O3/c1-2-27-20(26)19-14(18-15(22)10-12(21)11-16(18)24-19)8-9-17(25)23-13-6-4-3-5-7-13/h3-11,24H,2H2,1H3,(H,23,25). The molecule has 2 N–H and O–H groups in total. The highest BCUT2D eigenvalue weighted by atomic mass is 35.5. The summed E-state index contributed by atoms with van der Waals surface area (Å²) in [6, 6.07) is 12.3. The van der Waals surface area contributed by atoms with Crippen molar-refractivity contribution in [2.45, 2.75) is 6.92 Å². The van der Waals surface area contributed by atoms with Crippen molar-refractivity contribution in [1.82, 2.24) is 4.98 Å². The fraction of sp³-hybridized carbons (Fsp3) is 0.100. The van der Waals surface area contributed by atoms with Gasteiger partial charge < -0.3 is 15.0 Å². The number of anilines is 1. The molecule has 5 nitrogen and oxygen atoms in total. The Balaban J connectivity index is 1.99. The van der Waals surface area contributed by atoms with Crippen LogP contribution in [-0.4, -0.2) is 23.5 Å². The third-order valence-electron chi connectivity index (χ3n) is 3.78. The van der Waals surface area contributed by atoms with Crippen LogP contribution in [0, 0.1) is 0 Å². The number of H-pyrrole nitrogens is 1. The quantitative estimate of drug-likeness (QED) is 0.448. The molecular formula is C20H16Cl2N2O3. The monoisotopic (exact) mass is 402 g/mol. The zero-order chi connectivity index (χ0) is 19.4. The van der Waals surface area contributed by atoms with Gasteiger partial charge in [-0.3, -0.25) is 4.79 Å². The largest absolute Gasteiger partial charge is 0.461 e. The second-order valence-corrected chi connectivity index (χ2v) is 6.48. The van der Waals surface area contributed by atoms with Gasteiger partial charge in [0.25, 0.3) is 0 Å². The van der Waals surface area contributed by atoms with E-state index in [4.69, 9.17) is 27.9 Å². The van der Waals surface area contributed by atoms with Gasteiger partial charge in [0, 0.05) is 33.3 Å². The van der Waals surface area contributed by atoms with Gasteiger partial charge in [-0.25, -0.2) is 4.79 Å². The van der Waals surface area contributed by atoms with Gasteiger partial charge in [-0.05, 0) is 37.3 Å². The smallest absolute Gasteiger partial charge is 0.355 e. The second kappa shape index (κ2) is 8.29. The molecule has 0 radical (unpaired) electrons. The summed E-state index contributed by atoms with van der Waals surface area (Å²) in [6.07, 6.45) is 2.87. The third-order valence-corrected chi connectivity index (χ3v) is 4.29. The lowest BCUT2D eigenvalue weighted by Crippen LogP contribution is -2.08. The van der Waals surface area contributed by atoms with Gasteiger partial charge in [0.1, 0.15) is 5.69 Å². The molecule has 1 amide bonds. The summed E-state index contributed by atoms with van der Waals surface area (Å²) < 4.78 is 5.09. The first-order valence-corrected chi connectivity index (χ1v) is 8.97. The summed E-state index contributed by atoms with van der Waals surface area (Å²) >= 11 is 12.4. The van der Waals surface area contributed by atoms with E-state index in [-0.39, 0.29) is 18.2 Å². The number of carbonyl (C=O) groups is 2. The molecule has 138 valence electrons. The van der Waals surface area contributed by atoms with Crippen LogP contribution in [-0.2, 0) is 9.53 Å². The minimum absolute atomic E-state index is 0.208. The van der Waals surface area contributed by atoms with Crippen molar-refractivity contribution in [1.29, 1.82) is 0 Å². The van der Waals surface area contributed by atoms with E-state index in [1.54, 1.807) is 31.2 Å². The highest BCUT2D eigenvalue weighted by molar-refractivity contribution is 6.39. The Kier molecular flexibility index (Phi) is 5.84. The highest BCUT2D eigenvalue weighted by Crippen LogP contribution is 2.33. The van der Waals surface area contributed by atoms with Crippen molar-refractivity contribution in [2.75, 3.05) is 11.9 Å². The first kappa shape index (κ1) is 19.0. The molecule has 0 saturated heterocycles. The highest BCUT2D eigenvalue weighted by Gasteiger charge is 2.19. The Bertz CT molecular complexity index is 1030. The first-order chi connectivity index (χ1) is 13.0. The number of carbonyl (C=O) groups excluding carboxylic acids is 2. The summed E-state index contributed by atoms with van der Waals surface area (Å²) in [6.45, 7) is 1.94. The maximum atomic E-state index is 12.3. The molecule has 3 aromatic rings. The van der Waals surface area contributed by atoms with Gasteiger partial charge in [-0.1, -0.05) is 41.4 Å². The van der Waals surface area contributed by atoms with Crippen molar-refractivity contribution in [3.63, 3.8) is 0 Å². The van der Waals surface area contributed by atoms with E-state index >= 15 is 0 Å². The maximum absolute atomic E-state index is 12.3. The summed E-state index contributed by atoms with van der Waals surface area (Å²) in [5.74, 6) is -0.876. The van der Waals surface area contributed by atoms with E-state index in [2.05, 4.69) is 10.3 Å². The van der Waals surface area contributed by atoms with Crippen LogP contribution in [0.25, 0.3) is 17.0 Å². The summed E-state index contributed by atoms with van der Waals surface area (Å²) in [5, 5.41) is 4.13. The van der Waals surface area contributed by atoms with Crippen LogP contribution in [0.1, 0.15) is 23.0 Å². The van der Waals surface area contributed by atoms with Gasteiger partial charge >= 0.3 is 5.97 Å². The first-order valence-electron chi connectivity index (χ1n) is 8.21. The van der Waals surface area contributed by atoms with E-state index in [0.29, 0.717) is 32.2 Å². The maximum Gasteiger partial charge on any atom is 0.355 e. The summed E-state index contributed by atoms with van der Waals surface area (Å²) in [5.41, 5.74) is 1.92. The third kappa shape index (κ3) is 4.32. The molecule has 0 aliphatic heterocycles. The Labute approximate surface area is 165 Å². The Morgan fingerprint density at radius 3 is 2.63 bits per heavy atom. The van der Waals surface area contributed by atoms with Crippen molar-refractivity contribution < 1.29 is 14.3 Å². The number of aromatic nitrogens is 1. The molecule has 3 rings (SSSR count). The van der Waals surface area contributed by atoms with Gasteiger partial charge in [-0.2, -0.15) is 0 Å². The van der Waals surface area contributed by atoms with Gasteiger partial charge in [-0.15, -0.1) is 0 Å². The minimum atomic E-state index is -0.538. The predicted molar refractivity (Wildman–Crippen MR) is 108 cm³/mol. The van der Waals surface area contributed by atoms with E-state index < -0.39 is 5.97 Å². The van der Waals surface area contributed by atoms with Gasteiger partial charge in [0.15, 0.2) is 0 Å². The fourth-order valence-electron chi connectivity index (χ4n) is 2.67. The number of benzene rings is 2. The molecule has 7 heteroatoms. The lowest BCUT2D eigenvalue weighted by Gasteiger charge is -2.03. The lowest BCUT2D eigenvalue weighted by atomic mass is 10.1. The molecule has 2 aromatic carbocycles. The van der Waals surface area contributed by atoms with Crippen LogP contribution in [0.15, 0.2) is 48.5 Å². The molecule has 1 heterocycles. The minimum Gasteiger partial charge on any atom is -0.461 e. The molecule has 0 atom stereocenters. The van der Waals surface area contributed by atoms with Crippen LogP contribution >= 0.6 is 23.2 Å². The van der Waals surface area contributed by atoms with E-state index in [9.17, 15) is 9.59 Å². The average Bonchev–Trinajstić information content (AvgIpc) is 3.00. The number of ether oxygens (including phenoxy) is 1. The number of halogens is 2. The van der Waals surface area contributed by atoms with E-state index in [1.807, 2.05) is 18.2 Å². The fourth-order valence-corrected chi connectivity index (χ4v) is 3.26. The Morgan fingerprint density at radius 1 is 1.19 bits per heavy atom. The number of rotatable bonds is 5. The zero-order valence-corrected chi connectivity index (χ0v) is 15.9. The van der Waals surface area contributed by atoms with Crippen molar-refractivity contribution >= 4 is 57.7 Å². The molecule has 0 saturated carbocycles. The number of para-hydroxylation sites is 1. The topological polar surface area (TPSA) is 71.2 Å². The number of esters is 1. The Morgan fingerprint density at radius 2 is 1.93 bits per heavy atom. The molecule has 27 heavy (non-hydrogen) atoms. The number of hydrogen-bond donors (Lipinski definition) is 2. The van der Waals surface area contributed by atoms with E-state index in [1.165, 1.54) is 12.2 Å². The molecule has 1 aromatic heterocycles. The van der Waals surface area contributed by atoms with Crippen LogP contribution in [0.5, 0.6) is 0 Å². The molecule has 0 fully saturated rings. The zero-order valence-electron chi connectivity index (χ0n) is 14.4. The summed E-state index contributed by atoms with van der Waals surface area (Å²) in [4.78, 5) is 27.5. The molecule has 0 unspecified atom stereocenters. The van der Waals surface area contributed by atoms with E-state index in [0.717, 1.165) is 0 Å². The normalized spacial score (nSPS) is 11.1.